The largest absolute Gasteiger partial charge is 0.508 e. The molecule has 0 aromatic heterocycles. The van der Waals surface area contributed by atoms with Crippen LogP contribution in [0.5, 0.6) is 11.5 Å². The predicted octanol–water partition coefficient (Wildman–Crippen LogP) is 6.04. The lowest BCUT2D eigenvalue weighted by Gasteiger charge is -2.01. The minimum absolute atomic E-state index is 0.305. The summed E-state index contributed by atoms with van der Waals surface area (Å²) in [6, 6.07) is 34.9. The number of hydrogen-bond acceptors (Lipinski definition) is 2. The van der Waals surface area contributed by atoms with Crippen LogP contribution in [0.2, 0.25) is 0 Å². The van der Waals surface area contributed by atoms with Gasteiger partial charge in [-0.1, -0.05) is 84.9 Å². The van der Waals surface area contributed by atoms with Gasteiger partial charge in [0.15, 0.2) is 0 Å². The molecule has 0 amide bonds. The highest BCUT2D eigenvalue weighted by Crippen LogP contribution is 2.21. The predicted molar refractivity (Wildman–Crippen MR) is 111 cm³/mol. The van der Waals surface area contributed by atoms with Crippen molar-refractivity contribution in [2.75, 3.05) is 0 Å². The summed E-state index contributed by atoms with van der Waals surface area (Å²) < 4.78 is 0. The molecule has 0 fully saturated rings. The van der Waals surface area contributed by atoms with E-state index in [9.17, 15) is 0 Å². The molecule has 0 aliphatic heterocycles. The van der Waals surface area contributed by atoms with Gasteiger partial charge in [-0.2, -0.15) is 0 Å². The molecule has 0 saturated carbocycles. The molecular formula is C25H22O2. The molecule has 0 saturated heterocycles. The molecule has 134 valence electrons. The highest BCUT2D eigenvalue weighted by Gasteiger charge is 1.96. The van der Waals surface area contributed by atoms with E-state index < -0.39 is 0 Å². The quantitative estimate of drug-likeness (QED) is 0.471. The van der Waals surface area contributed by atoms with Gasteiger partial charge in [0, 0.05) is 0 Å². The Hall–Kier alpha value is -3.52. The Kier molecular flexibility index (Phi) is 6.26. The Balaban J connectivity index is 0.000000156. The average Bonchev–Trinajstić information content (AvgIpc) is 2.72. The molecule has 0 aliphatic carbocycles. The minimum Gasteiger partial charge on any atom is -0.508 e. The van der Waals surface area contributed by atoms with Crippen molar-refractivity contribution >= 4 is 0 Å². The van der Waals surface area contributed by atoms with Crippen molar-refractivity contribution in [3.8, 4) is 22.6 Å². The first kappa shape index (κ1) is 18.3. The smallest absolute Gasteiger partial charge is 0.115 e. The molecule has 0 aliphatic rings. The van der Waals surface area contributed by atoms with Crippen LogP contribution in [0, 0.1) is 0 Å². The second kappa shape index (κ2) is 9.25. The van der Waals surface area contributed by atoms with Gasteiger partial charge in [0.05, 0.1) is 0 Å². The third-order valence-electron chi connectivity index (χ3n) is 4.16. The second-order valence-electron chi connectivity index (χ2n) is 6.24. The minimum atomic E-state index is 0.305. The molecule has 2 heteroatoms. The lowest BCUT2D eigenvalue weighted by Crippen LogP contribution is -1.86. The van der Waals surface area contributed by atoms with Crippen LogP contribution in [0.1, 0.15) is 11.1 Å². The Morgan fingerprint density at radius 3 is 1.37 bits per heavy atom. The van der Waals surface area contributed by atoms with Crippen molar-refractivity contribution in [3.05, 3.63) is 120 Å². The van der Waals surface area contributed by atoms with Crippen molar-refractivity contribution < 1.29 is 10.2 Å². The van der Waals surface area contributed by atoms with E-state index in [1.807, 2.05) is 72.8 Å². The van der Waals surface area contributed by atoms with E-state index in [4.69, 9.17) is 10.2 Å². The van der Waals surface area contributed by atoms with Gasteiger partial charge in [0.25, 0.3) is 0 Å². The van der Waals surface area contributed by atoms with Crippen molar-refractivity contribution in [1.29, 1.82) is 0 Å². The fraction of sp³-hybridized carbons (Fsp3) is 0.0400. The Morgan fingerprint density at radius 1 is 0.407 bits per heavy atom. The molecule has 0 bridgehead atoms. The Morgan fingerprint density at radius 2 is 0.815 bits per heavy atom. The summed E-state index contributed by atoms with van der Waals surface area (Å²) >= 11 is 0. The zero-order chi connectivity index (χ0) is 18.9. The summed E-state index contributed by atoms with van der Waals surface area (Å²) in [5, 5.41) is 18.2. The summed E-state index contributed by atoms with van der Waals surface area (Å²) in [6.07, 6.45) is 0.918. The molecular weight excluding hydrogens is 332 g/mol. The number of aromatic hydroxyl groups is 2. The molecule has 0 unspecified atom stereocenters. The van der Waals surface area contributed by atoms with Gasteiger partial charge in [-0.05, 0) is 52.9 Å². The van der Waals surface area contributed by atoms with Gasteiger partial charge in [-0.25, -0.2) is 0 Å². The number of hydrogen-bond donors (Lipinski definition) is 2. The third kappa shape index (κ3) is 5.75. The van der Waals surface area contributed by atoms with Crippen LogP contribution >= 0.6 is 0 Å². The fourth-order valence-corrected chi connectivity index (χ4v) is 2.73. The van der Waals surface area contributed by atoms with Gasteiger partial charge < -0.3 is 10.2 Å². The maximum atomic E-state index is 9.12. The Labute approximate surface area is 160 Å². The number of benzene rings is 4. The van der Waals surface area contributed by atoms with Crippen LogP contribution in [0.25, 0.3) is 11.1 Å². The van der Waals surface area contributed by atoms with Crippen molar-refractivity contribution in [3.63, 3.8) is 0 Å². The monoisotopic (exact) mass is 354 g/mol. The number of phenols is 2. The van der Waals surface area contributed by atoms with Crippen LogP contribution in [0.4, 0.5) is 0 Å². The molecule has 2 nitrogen and oxygen atoms in total. The summed E-state index contributed by atoms with van der Waals surface area (Å²) in [5.74, 6) is 0.626. The van der Waals surface area contributed by atoms with E-state index in [2.05, 4.69) is 12.1 Å². The maximum Gasteiger partial charge on any atom is 0.115 e. The normalized spacial score (nSPS) is 9.93. The van der Waals surface area contributed by atoms with E-state index in [0.29, 0.717) is 11.5 Å². The number of rotatable bonds is 3. The molecule has 4 rings (SSSR count). The lowest BCUT2D eigenvalue weighted by atomic mass is 10.1. The molecule has 0 atom stereocenters. The summed E-state index contributed by atoms with van der Waals surface area (Å²) in [4.78, 5) is 0. The molecule has 27 heavy (non-hydrogen) atoms. The van der Waals surface area contributed by atoms with Crippen molar-refractivity contribution in [2.24, 2.45) is 0 Å². The van der Waals surface area contributed by atoms with Gasteiger partial charge >= 0.3 is 0 Å². The highest BCUT2D eigenvalue weighted by atomic mass is 16.3. The van der Waals surface area contributed by atoms with E-state index in [1.165, 1.54) is 16.7 Å². The number of phenolic OH excluding ortho intramolecular Hbond substituents is 2. The standard InChI is InChI=1S/C13H12O.C12H10O/c14-13-8-6-12(7-9-13)10-11-4-2-1-3-5-11;13-12-8-6-11(7-9-12)10-4-2-1-3-5-10/h1-9,14H,10H2;1-9,13H. The van der Waals surface area contributed by atoms with Gasteiger partial charge in [-0.15, -0.1) is 0 Å². The van der Waals surface area contributed by atoms with Crippen LogP contribution in [0.15, 0.2) is 109 Å². The zero-order valence-electron chi connectivity index (χ0n) is 15.0. The summed E-state index contributed by atoms with van der Waals surface area (Å²) in [6.45, 7) is 0. The van der Waals surface area contributed by atoms with E-state index in [0.717, 1.165) is 12.0 Å². The summed E-state index contributed by atoms with van der Waals surface area (Å²) in [7, 11) is 0. The third-order valence-corrected chi connectivity index (χ3v) is 4.16. The van der Waals surface area contributed by atoms with Crippen molar-refractivity contribution in [1.82, 2.24) is 0 Å². The van der Waals surface area contributed by atoms with Crippen LogP contribution < -0.4 is 0 Å². The maximum absolute atomic E-state index is 9.12. The van der Waals surface area contributed by atoms with Gasteiger partial charge in [0.1, 0.15) is 11.5 Å². The SMILES string of the molecule is Oc1ccc(-c2ccccc2)cc1.Oc1ccc(Cc2ccccc2)cc1. The first-order valence-corrected chi connectivity index (χ1v) is 8.87. The Bertz CT molecular complexity index is 929. The molecule has 0 spiro atoms. The van der Waals surface area contributed by atoms with E-state index >= 15 is 0 Å². The summed E-state index contributed by atoms with van der Waals surface area (Å²) in [5.41, 5.74) is 4.80. The highest BCUT2D eigenvalue weighted by molar-refractivity contribution is 5.63. The molecule has 4 aromatic rings. The first-order chi connectivity index (χ1) is 13.2. The molecule has 2 N–H and O–H groups in total. The fourth-order valence-electron chi connectivity index (χ4n) is 2.73. The molecule has 0 heterocycles. The van der Waals surface area contributed by atoms with Gasteiger partial charge in [-0.3, -0.25) is 0 Å². The van der Waals surface area contributed by atoms with Crippen LogP contribution in [-0.2, 0) is 6.42 Å². The van der Waals surface area contributed by atoms with E-state index in [1.54, 1.807) is 24.3 Å². The molecule has 0 radical (unpaired) electrons. The first-order valence-electron chi connectivity index (χ1n) is 8.87. The lowest BCUT2D eigenvalue weighted by molar-refractivity contribution is 0.474. The zero-order valence-corrected chi connectivity index (χ0v) is 15.0. The van der Waals surface area contributed by atoms with E-state index in [-0.39, 0.29) is 0 Å². The van der Waals surface area contributed by atoms with Gasteiger partial charge in [0.2, 0.25) is 0 Å². The topological polar surface area (TPSA) is 40.5 Å². The van der Waals surface area contributed by atoms with Crippen LogP contribution in [0.3, 0.4) is 0 Å². The average molecular weight is 354 g/mol. The van der Waals surface area contributed by atoms with Crippen molar-refractivity contribution in [2.45, 2.75) is 6.42 Å². The van der Waals surface area contributed by atoms with Crippen LogP contribution in [-0.4, -0.2) is 10.2 Å². The molecule has 4 aromatic carbocycles. The second-order valence-corrected chi connectivity index (χ2v) is 6.24.